The van der Waals surface area contributed by atoms with Gasteiger partial charge in [-0.15, -0.1) is 0 Å². The Morgan fingerprint density at radius 3 is 1.43 bits per heavy atom. The molecule has 0 radical (unpaired) electrons. The molecule has 2 nitrogen and oxygen atoms in total. The van der Waals surface area contributed by atoms with Crippen molar-refractivity contribution in [2.45, 2.75) is 59.8 Å². The molecule has 0 aromatic rings. The third-order valence-electron chi connectivity index (χ3n) is 1.94. The van der Waals surface area contributed by atoms with E-state index in [2.05, 4.69) is 24.5 Å². The first-order chi connectivity index (χ1) is 6.91. The molecule has 1 fully saturated rings. The normalized spacial score (nSPS) is 13.7. The highest BCUT2D eigenvalue weighted by atomic mass is 15.1. The van der Waals surface area contributed by atoms with Crippen molar-refractivity contribution < 1.29 is 0 Å². The third kappa shape index (κ3) is 17.9. The lowest BCUT2D eigenvalue weighted by molar-refractivity contribution is 0.656. The SMILES string of the molecule is C1CNCN1.CC.CCCCCCC. The number of nitrogens with one attached hydrogen (secondary N) is 2. The zero-order valence-electron chi connectivity index (χ0n) is 10.7. The Hall–Kier alpha value is -0.0800. The highest BCUT2D eigenvalue weighted by Crippen LogP contribution is 2.00. The van der Waals surface area contributed by atoms with Gasteiger partial charge in [0.2, 0.25) is 0 Å². The van der Waals surface area contributed by atoms with Crippen LogP contribution in [-0.2, 0) is 0 Å². The topological polar surface area (TPSA) is 24.1 Å². The third-order valence-corrected chi connectivity index (χ3v) is 1.94. The van der Waals surface area contributed by atoms with Gasteiger partial charge >= 0.3 is 0 Å². The van der Waals surface area contributed by atoms with Crippen molar-refractivity contribution in [2.75, 3.05) is 19.8 Å². The average Bonchev–Trinajstić information content (AvgIpc) is 2.80. The minimum absolute atomic E-state index is 1.00. The minimum Gasteiger partial charge on any atom is -0.303 e. The second-order valence-electron chi connectivity index (χ2n) is 3.24. The molecule has 0 unspecified atom stereocenters. The van der Waals surface area contributed by atoms with E-state index < -0.39 is 0 Å². The van der Waals surface area contributed by atoms with Crippen LogP contribution in [0, 0.1) is 0 Å². The van der Waals surface area contributed by atoms with Crippen molar-refractivity contribution in [3.63, 3.8) is 0 Å². The van der Waals surface area contributed by atoms with Crippen molar-refractivity contribution >= 4 is 0 Å². The average molecular weight is 202 g/mol. The van der Waals surface area contributed by atoms with Gasteiger partial charge in [-0.1, -0.05) is 59.8 Å². The van der Waals surface area contributed by atoms with Crippen molar-refractivity contribution in [2.24, 2.45) is 0 Å². The summed E-state index contributed by atoms with van der Waals surface area (Å²) in [6.45, 7) is 11.8. The molecular weight excluding hydrogens is 172 g/mol. The molecule has 0 amide bonds. The lowest BCUT2D eigenvalue weighted by Gasteiger charge is -1.90. The van der Waals surface area contributed by atoms with Crippen molar-refractivity contribution in [1.29, 1.82) is 0 Å². The predicted molar refractivity (Wildman–Crippen MR) is 66.7 cm³/mol. The lowest BCUT2D eigenvalue weighted by Crippen LogP contribution is -2.11. The summed E-state index contributed by atoms with van der Waals surface area (Å²) in [5.41, 5.74) is 0. The van der Waals surface area contributed by atoms with Crippen molar-refractivity contribution in [3.8, 4) is 0 Å². The fraction of sp³-hybridized carbons (Fsp3) is 1.00. The van der Waals surface area contributed by atoms with Crippen LogP contribution in [0.25, 0.3) is 0 Å². The first-order valence-corrected chi connectivity index (χ1v) is 6.33. The first-order valence-electron chi connectivity index (χ1n) is 6.33. The molecule has 2 N–H and O–H groups in total. The fourth-order valence-electron chi connectivity index (χ4n) is 1.12. The fourth-order valence-corrected chi connectivity index (χ4v) is 1.12. The Bertz CT molecular complexity index is 59.1. The molecule has 0 aromatic carbocycles. The van der Waals surface area contributed by atoms with Crippen LogP contribution in [-0.4, -0.2) is 19.8 Å². The Labute approximate surface area is 90.9 Å². The van der Waals surface area contributed by atoms with Crippen LogP contribution < -0.4 is 10.6 Å². The molecular formula is C12H30N2. The Morgan fingerprint density at radius 2 is 1.21 bits per heavy atom. The van der Waals surface area contributed by atoms with Crippen LogP contribution in [0.3, 0.4) is 0 Å². The van der Waals surface area contributed by atoms with Crippen LogP contribution in [0.4, 0.5) is 0 Å². The van der Waals surface area contributed by atoms with Crippen LogP contribution in [0.15, 0.2) is 0 Å². The largest absolute Gasteiger partial charge is 0.303 e. The van der Waals surface area contributed by atoms with E-state index in [0.717, 1.165) is 19.8 Å². The highest BCUT2D eigenvalue weighted by Gasteiger charge is 1.90. The van der Waals surface area contributed by atoms with Gasteiger partial charge in [0.25, 0.3) is 0 Å². The predicted octanol–water partition coefficient (Wildman–Crippen LogP) is 3.14. The van der Waals surface area contributed by atoms with Crippen molar-refractivity contribution in [1.82, 2.24) is 10.6 Å². The van der Waals surface area contributed by atoms with Gasteiger partial charge in [0.15, 0.2) is 0 Å². The zero-order chi connectivity index (χ0) is 11.1. The summed E-state index contributed by atoms with van der Waals surface area (Å²) in [5, 5.41) is 6.22. The van der Waals surface area contributed by atoms with Gasteiger partial charge in [0.1, 0.15) is 0 Å². The van der Waals surface area contributed by atoms with E-state index in [4.69, 9.17) is 0 Å². The van der Waals surface area contributed by atoms with Crippen LogP contribution in [0.5, 0.6) is 0 Å². The van der Waals surface area contributed by atoms with Gasteiger partial charge in [0, 0.05) is 19.8 Å². The van der Waals surface area contributed by atoms with Gasteiger partial charge in [-0.25, -0.2) is 0 Å². The zero-order valence-corrected chi connectivity index (χ0v) is 10.7. The maximum absolute atomic E-state index is 3.11. The molecule has 1 aliphatic heterocycles. The molecule has 1 saturated heterocycles. The van der Waals surface area contributed by atoms with E-state index in [1.165, 1.54) is 32.1 Å². The number of rotatable bonds is 4. The van der Waals surface area contributed by atoms with E-state index in [1.54, 1.807) is 0 Å². The Morgan fingerprint density at radius 1 is 0.786 bits per heavy atom. The molecule has 88 valence electrons. The number of unbranched alkanes of at least 4 members (excludes halogenated alkanes) is 4. The highest BCUT2D eigenvalue weighted by molar-refractivity contribution is 4.55. The smallest absolute Gasteiger partial charge is 0.0455 e. The van der Waals surface area contributed by atoms with E-state index in [1.807, 2.05) is 13.8 Å². The summed E-state index contributed by atoms with van der Waals surface area (Å²) in [7, 11) is 0. The molecule has 14 heavy (non-hydrogen) atoms. The molecule has 1 aliphatic rings. The van der Waals surface area contributed by atoms with Crippen LogP contribution in [0.2, 0.25) is 0 Å². The molecule has 2 heteroatoms. The Kier molecular flexibility index (Phi) is 21.8. The van der Waals surface area contributed by atoms with Gasteiger partial charge in [0.05, 0.1) is 0 Å². The standard InChI is InChI=1S/C7H16.C3H8N2.C2H6/c1-3-5-7-6-4-2;1-2-5-3-4-1;1-2/h3-7H2,1-2H3;4-5H,1-3H2;1-2H3. The van der Waals surface area contributed by atoms with E-state index in [-0.39, 0.29) is 0 Å². The van der Waals surface area contributed by atoms with Gasteiger partial charge in [-0.05, 0) is 0 Å². The molecule has 0 aromatic heterocycles. The quantitative estimate of drug-likeness (QED) is 0.684. The second-order valence-corrected chi connectivity index (χ2v) is 3.24. The summed E-state index contributed by atoms with van der Waals surface area (Å²) in [6, 6.07) is 0. The Balaban J connectivity index is 0. The van der Waals surface area contributed by atoms with Gasteiger partial charge in [-0.2, -0.15) is 0 Å². The molecule has 0 saturated carbocycles. The summed E-state index contributed by atoms with van der Waals surface area (Å²) in [6.07, 6.45) is 7.01. The molecule has 0 bridgehead atoms. The summed E-state index contributed by atoms with van der Waals surface area (Å²) in [5.74, 6) is 0. The van der Waals surface area contributed by atoms with Gasteiger partial charge in [-0.3, -0.25) is 0 Å². The lowest BCUT2D eigenvalue weighted by atomic mass is 10.2. The van der Waals surface area contributed by atoms with E-state index in [9.17, 15) is 0 Å². The molecule has 0 spiro atoms. The van der Waals surface area contributed by atoms with Crippen LogP contribution in [0.1, 0.15) is 59.8 Å². The number of hydrogen-bond donors (Lipinski definition) is 2. The van der Waals surface area contributed by atoms with E-state index >= 15 is 0 Å². The summed E-state index contributed by atoms with van der Waals surface area (Å²) in [4.78, 5) is 0. The van der Waals surface area contributed by atoms with Gasteiger partial charge < -0.3 is 10.6 Å². The first kappa shape index (κ1) is 16.4. The molecule has 1 rings (SSSR count). The van der Waals surface area contributed by atoms with Crippen LogP contribution >= 0.6 is 0 Å². The molecule has 1 heterocycles. The minimum atomic E-state index is 1.00. The molecule has 0 atom stereocenters. The number of hydrogen-bond acceptors (Lipinski definition) is 2. The maximum atomic E-state index is 3.11. The summed E-state index contributed by atoms with van der Waals surface area (Å²) < 4.78 is 0. The van der Waals surface area contributed by atoms with Crippen molar-refractivity contribution in [3.05, 3.63) is 0 Å². The maximum Gasteiger partial charge on any atom is 0.0455 e. The second kappa shape index (κ2) is 18.7. The van der Waals surface area contributed by atoms with E-state index in [0.29, 0.717) is 0 Å². The monoisotopic (exact) mass is 202 g/mol. The molecule has 0 aliphatic carbocycles. The summed E-state index contributed by atoms with van der Waals surface area (Å²) >= 11 is 0.